The maximum absolute atomic E-state index is 12.2. The summed E-state index contributed by atoms with van der Waals surface area (Å²) in [5.41, 5.74) is 1.66. The lowest BCUT2D eigenvalue weighted by Gasteiger charge is -2.35. The molecule has 0 aromatic heterocycles. The molecule has 1 fully saturated rings. The quantitative estimate of drug-likeness (QED) is 0.429. The zero-order valence-electron chi connectivity index (χ0n) is 17.2. The number of para-hydroxylation sites is 1. The molecule has 0 bridgehead atoms. The van der Waals surface area contributed by atoms with Crippen molar-refractivity contribution >= 4 is 51.4 Å². The molecule has 1 heterocycles. The number of halogens is 1. The van der Waals surface area contributed by atoms with Gasteiger partial charge in [-0.05, 0) is 53.4 Å². The fraction of sp³-hybridized carbons (Fsp3) is 0.364. The fourth-order valence-electron chi connectivity index (χ4n) is 3.29. The van der Waals surface area contributed by atoms with Gasteiger partial charge in [0.25, 0.3) is 5.91 Å². The Labute approximate surface area is 196 Å². The van der Waals surface area contributed by atoms with E-state index in [9.17, 15) is 4.79 Å². The van der Waals surface area contributed by atoms with Crippen molar-refractivity contribution in [2.24, 2.45) is 0 Å². The van der Waals surface area contributed by atoms with E-state index >= 15 is 0 Å². The molecule has 8 heteroatoms. The van der Waals surface area contributed by atoms with Crippen LogP contribution in [0, 0.1) is 3.57 Å². The molecule has 160 valence electrons. The van der Waals surface area contributed by atoms with E-state index in [0.717, 1.165) is 52.5 Å². The molecule has 1 aliphatic heterocycles. The van der Waals surface area contributed by atoms with E-state index in [1.807, 2.05) is 42.5 Å². The molecule has 0 spiro atoms. The van der Waals surface area contributed by atoms with Crippen LogP contribution < -0.4 is 14.8 Å². The molecular formula is C22H26IN3O3S. The molecule has 2 aromatic carbocycles. The van der Waals surface area contributed by atoms with Crippen molar-refractivity contribution < 1.29 is 14.3 Å². The first-order valence-electron chi connectivity index (χ1n) is 9.88. The van der Waals surface area contributed by atoms with E-state index in [2.05, 4.69) is 44.6 Å². The number of methoxy groups -OCH3 is 1. The van der Waals surface area contributed by atoms with Crippen LogP contribution in [0.5, 0.6) is 11.5 Å². The van der Waals surface area contributed by atoms with Crippen molar-refractivity contribution in [1.29, 1.82) is 0 Å². The number of carbonyl (C=O) groups excluding carboxylic acids is 1. The Hall–Kier alpha value is -1.91. The van der Waals surface area contributed by atoms with Gasteiger partial charge in [-0.1, -0.05) is 37.3 Å². The van der Waals surface area contributed by atoms with Gasteiger partial charge in [-0.2, -0.15) is 0 Å². The lowest BCUT2D eigenvalue weighted by Crippen LogP contribution is -2.48. The van der Waals surface area contributed by atoms with Crippen LogP contribution >= 0.6 is 34.8 Å². The number of hydrogen-bond donors (Lipinski definition) is 1. The minimum Gasteiger partial charge on any atom is -0.493 e. The summed E-state index contributed by atoms with van der Waals surface area (Å²) in [6.45, 7) is 7.01. The van der Waals surface area contributed by atoms with Crippen LogP contribution in [0.3, 0.4) is 0 Å². The Morgan fingerprint density at radius 2 is 1.87 bits per heavy atom. The van der Waals surface area contributed by atoms with Gasteiger partial charge in [0, 0.05) is 37.4 Å². The second-order valence-electron chi connectivity index (χ2n) is 6.92. The minimum atomic E-state index is -0.229. The molecule has 0 unspecified atom stereocenters. The number of thiocarbonyl (C=S) groups is 1. The highest BCUT2D eigenvalue weighted by molar-refractivity contribution is 14.1. The molecule has 1 saturated heterocycles. The first kappa shape index (κ1) is 22.8. The summed E-state index contributed by atoms with van der Waals surface area (Å²) in [7, 11) is 1.59. The molecular weight excluding hydrogens is 513 g/mol. The molecule has 0 aliphatic carbocycles. The van der Waals surface area contributed by atoms with Crippen LogP contribution in [0.2, 0.25) is 0 Å². The number of ether oxygens (including phenoxy) is 2. The van der Waals surface area contributed by atoms with Gasteiger partial charge in [-0.3, -0.25) is 4.79 Å². The smallest absolute Gasteiger partial charge is 0.262 e. The van der Waals surface area contributed by atoms with E-state index < -0.39 is 0 Å². The van der Waals surface area contributed by atoms with Crippen molar-refractivity contribution in [3.05, 3.63) is 51.6 Å². The molecule has 30 heavy (non-hydrogen) atoms. The standard InChI is InChI=1S/C22H26IN3O3S/c1-3-25-9-11-26(12-10-25)22(30)16-13-18(23)21(19(14-16)28-2)29-15-20(27)24-17-7-5-4-6-8-17/h4-8,13-14H,3,9-12,15H2,1-2H3,(H,24,27). The van der Waals surface area contributed by atoms with Crippen molar-refractivity contribution in [3.63, 3.8) is 0 Å². The number of hydrogen-bond acceptors (Lipinski definition) is 5. The first-order chi connectivity index (χ1) is 14.5. The van der Waals surface area contributed by atoms with E-state index in [-0.39, 0.29) is 12.5 Å². The van der Waals surface area contributed by atoms with E-state index in [1.165, 1.54) is 0 Å². The van der Waals surface area contributed by atoms with Gasteiger partial charge < -0.3 is 24.6 Å². The molecule has 0 radical (unpaired) electrons. The molecule has 2 aromatic rings. The Morgan fingerprint density at radius 1 is 1.17 bits per heavy atom. The van der Waals surface area contributed by atoms with Crippen LogP contribution in [0.15, 0.2) is 42.5 Å². The van der Waals surface area contributed by atoms with Crippen LogP contribution in [0.25, 0.3) is 0 Å². The highest BCUT2D eigenvalue weighted by Crippen LogP contribution is 2.34. The third-order valence-electron chi connectivity index (χ3n) is 4.99. The SMILES string of the molecule is CCN1CCN(C(=S)c2cc(I)c(OCC(=O)Nc3ccccc3)c(OC)c2)CC1. The number of benzene rings is 2. The zero-order valence-corrected chi connectivity index (χ0v) is 20.2. The Morgan fingerprint density at radius 3 is 2.50 bits per heavy atom. The Bertz CT molecular complexity index is 887. The number of nitrogens with zero attached hydrogens (tertiary/aromatic N) is 2. The van der Waals surface area contributed by atoms with Crippen molar-refractivity contribution in [3.8, 4) is 11.5 Å². The number of rotatable bonds is 7. The minimum absolute atomic E-state index is 0.107. The fourth-order valence-corrected chi connectivity index (χ4v) is 4.35. The third-order valence-corrected chi connectivity index (χ3v) is 6.28. The number of piperazine rings is 1. The van der Waals surface area contributed by atoms with Crippen LogP contribution in [0.1, 0.15) is 12.5 Å². The predicted molar refractivity (Wildman–Crippen MR) is 132 cm³/mol. The Balaban J connectivity index is 1.66. The summed E-state index contributed by atoms with van der Waals surface area (Å²) in [4.78, 5) is 17.7. The van der Waals surface area contributed by atoms with E-state index in [0.29, 0.717) is 11.5 Å². The maximum atomic E-state index is 12.2. The number of likely N-dealkylation sites (N-methyl/N-ethyl adjacent to an activating group) is 1. The number of amides is 1. The van der Waals surface area contributed by atoms with Crippen LogP contribution in [-0.4, -0.2) is 67.1 Å². The molecule has 0 atom stereocenters. The van der Waals surface area contributed by atoms with Crippen molar-refractivity contribution in [2.45, 2.75) is 6.92 Å². The number of anilines is 1. The predicted octanol–water partition coefficient (Wildman–Crippen LogP) is 3.63. The topological polar surface area (TPSA) is 54.0 Å². The second kappa shape index (κ2) is 10.9. The normalized spacial score (nSPS) is 14.3. The molecule has 1 amide bonds. The average Bonchev–Trinajstić information content (AvgIpc) is 2.78. The van der Waals surface area contributed by atoms with E-state index in [4.69, 9.17) is 21.7 Å². The highest BCUT2D eigenvalue weighted by atomic mass is 127. The summed E-state index contributed by atoms with van der Waals surface area (Å²) < 4.78 is 12.2. The van der Waals surface area contributed by atoms with Gasteiger partial charge in [-0.15, -0.1) is 0 Å². The number of nitrogens with one attached hydrogen (secondary N) is 1. The summed E-state index contributed by atoms with van der Waals surface area (Å²) in [6, 6.07) is 13.2. The zero-order chi connectivity index (χ0) is 21.5. The number of carbonyl (C=O) groups is 1. The molecule has 3 rings (SSSR count). The average molecular weight is 539 g/mol. The van der Waals surface area contributed by atoms with Gasteiger partial charge in [0.2, 0.25) is 0 Å². The van der Waals surface area contributed by atoms with E-state index in [1.54, 1.807) is 7.11 Å². The summed E-state index contributed by atoms with van der Waals surface area (Å²) >= 11 is 7.94. The molecule has 1 aliphatic rings. The van der Waals surface area contributed by atoms with Gasteiger partial charge in [-0.25, -0.2) is 0 Å². The largest absolute Gasteiger partial charge is 0.493 e. The molecule has 0 saturated carbocycles. The summed E-state index contributed by atoms with van der Waals surface area (Å²) in [5, 5.41) is 2.81. The highest BCUT2D eigenvalue weighted by Gasteiger charge is 2.21. The van der Waals surface area contributed by atoms with Crippen LogP contribution in [-0.2, 0) is 4.79 Å². The molecule has 1 N–H and O–H groups in total. The van der Waals surface area contributed by atoms with Crippen molar-refractivity contribution in [1.82, 2.24) is 9.80 Å². The molecule has 6 nitrogen and oxygen atoms in total. The lowest BCUT2D eigenvalue weighted by molar-refractivity contribution is -0.118. The van der Waals surface area contributed by atoms with Gasteiger partial charge in [0.15, 0.2) is 18.1 Å². The van der Waals surface area contributed by atoms with Gasteiger partial charge >= 0.3 is 0 Å². The van der Waals surface area contributed by atoms with Gasteiger partial charge in [0.1, 0.15) is 4.99 Å². The third kappa shape index (κ3) is 5.83. The Kier molecular flexibility index (Phi) is 8.29. The van der Waals surface area contributed by atoms with Gasteiger partial charge in [0.05, 0.1) is 10.7 Å². The van der Waals surface area contributed by atoms with Crippen molar-refractivity contribution in [2.75, 3.05) is 51.8 Å². The first-order valence-corrected chi connectivity index (χ1v) is 11.4. The van der Waals surface area contributed by atoms with Crippen LogP contribution in [0.4, 0.5) is 5.69 Å². The maximum Gasteiger partial charge on any atom is 0.262 e. The summed E-state index contributed by atoms with van der Waals surface area (Å²) in [5.74, 6) is 0.884. The lowest BCUT2D eigenvalue weighted by atomic mass is 10.1. The second-order valence-corrected chi connectivity index (χ2v) is 8.47. The summed E-state index contributed by atoms with van der Waals surface area (Å²) in [6.07, 6.45) is 0. The monoisotopic (exact) mass is 539 g/mol.